The molecule has 220 valence electrons. The van der Waals surface area contributed by atoms with Gasteiger partial charge < -0.3 is 15.7 Å². The van der Waals surface area contributed by atoms with Crippen molar-refractivity contribution in [1.29, 1.82) is 0 Å². The van der Waals surface area contributed by atoms with Crippen LogP contribution in [0.5, 0.6) is 0 Å². The molecule has 1 aliphatic heterocycles. The van der Waals surface area contributed by atoms with E-state index < -0.39 is 28.9 Å². The predicted molar refractivity (Wildman–Crippen MR) is 157 cm³/mol. The van der Waals surface area contributed by atoms with Gasteiger partial charge in [-0.3, -0.25) is 9.78 Å². The molecule has 3 N–H and O–H groups in total. The molecule has 1 saturated heterocycles. The Morgan fingerprint density at radius 1 is 1.17 bits per heavy atom. The van der Waals surface area contributed by atoms with Crippen molar-refractivity contribution in [1.82, 2.24) is 19.5 Å². The molecule has 1 aromatic carbocycles. The highest BCUT2D eigenvalue weighted by Crippen LogP contribution is 2.36. The highest BCUT2D eigenvalue weighted by Gasteiger charge is 2.29. The minimum absolute atomic E-state index is 0.0465. The highest BCUT2D eigenvalue weighted by atomic mass is 19.1. The van der Waals surface area contributed by atoms with Crippen molar-refractivity contribution in [2.45, 2.75) is 64.8 Å². The monoisotopic (exact) mass is 576 g/mol. The molecule has 42 heavy (non-hydrogen) atoms. The van der Waals surface area contributed by atoms with Gasteiger partial charge in [0, 0.05) is 25.4 Å². The molecule has 0 saturated carbocycles. The lowest BCUT2D eigenvalue weighted by molar-refractivity contribution is 0.100. The van der Waals surface area contributed by atoms with Crippen LogP contribution in [0.2, 0.25) is 0 Å². The van der Waals surface area contributed by atoms with Crippen molar-refractivity contribution < 1.29 is 18.7 Å². The number of primary amides is 1. The number of piperidine rings is 1. The summed E-state index contributed by atoms with van der Waals surface area (Å²) in [6.45, 7) is 6.46. The number of aromatic nitrogens is 4. The van der Waals surface area contributed by atoms with Gasteiger partial charge in [0.1, 0.15) is 17.3 Å². The number of hydrogen-bond acceptors (Lipinski definition) is 7. The zero-order valence-electron chi connectivity index (χ0n) is 23.9. The summed E-state index contributed by atoms with van der Waals surface area (Å²) < 4.78 is 32.5. The second kappa shape index (κ2) is 11.9. The molecule has 1 atom stereocenters. The Bertz CT molecular complexity index is 1720. The van der Waals surface area contributed by atoms with Gasteiger partial charge in [0.15, 0.2) is 11.5 Å². The second-order valence-corrected chi connectivity index (χ2v) is 11.0. The van der Waals surface area contributed by atoms with E-state index in [0.29, 0.717) is 36.6 Å². The van der Waals surface area contributed by atoms with Crippen LogP contribution in [0.3, 0.4) is 0 Å². The first-order valence-electron chi connectivity index (χ1n) is 14.2. The van der Waals surface area contributed by atoms with Gasteiger partial charge in [0.2, 0.25) is 5.91 Å². The Morgan fingerprint density at radius 3 is 2.64 bits per heavy atom. The summed E-state index contributed by atoms with van der Waals surface area (Å²) in [7, 11) is 0. The fourth-order valence-electron chi connectivity index (χ4n) is 5.75. The zero-order chi connectivity index (χ0) is 30.1. The minimum Gasteiger partial charge on any atom is -0.396 e. The lowest BCUT2D eigenvalue weighted by Crippen LogP contribution is -2.40. The molecule has 4 heterocycles. The molecule has 3 aromatic heterocycles. The first-order valence-corrected chi connectivity index (χ1v) is 14.2. The number of fused-ring (bicyclic) bond motifs is 1. The SMILES string of the molecule is CC(C)c1nccc(CCCO)c1-n1c(=O)nc(N2CCCC[C@@H]2C)c2cc(F)c(-c3c(F)cccc3C(N)=O)nc21. The summed E-state index contributed by atoms with van der Waals surface area (Å²) in [5.41, 5.74) is 5.62. The molecule has 0 aliphatic carbocycles. The van der Waals surface area contributed by atoms with Crippen molar-refractivity contribution in [3.8, 4) is 16.9 Å². The topological polar surface area (TPSA) is 127 Å². The van der Waals surface area contributed by atoms with Crippen LogP contribution >= 0.6 is 0 Å². The molecule has 1 amide bonds. The molecule has 11 heteroatoms. The summed E-state index contributed by atoms with van der Waals surface area (Å²) in [5, 5.41) is 9.83. The van der Waals surface area contributed by atoms with Gasteiger partial charge in [0.25, 0.3) is 0 Å². The summed E-state index contributed by atoms with van der Waals surface area (Å²) in [6.07, 6.45) is 5.29. The molecule has 9 nitrogen and oxygen atoms in total. The Hall–Kier alpha value is -4.25. The number of hydrogen-bond donors (Lipinski definition) is 2. The van der Waals surface area contributed by atoms with Gasteiger partial charge in [-0.1, -0.05) is 19.9 Å². The number of rotatable bonds is 8. The summed E-state index contributed by atoms with van der Waals surface area (Å²) in [5.74, 6) is -2.53. The number of benzene rings is 1. The van der Waals surface area contributed by atoms with E-state index in [1.54, 1.807) is 12.3 Å². The first-order chi connectivity index (χ1) is 20.1. The van der Waals surface area contributed by atoms with Crippen LogP contribution in [0.4, 0.5) is 14.6 Å². The molecule has 0 spiro atoms. The smallest absolute Gasteiger partial charge is 0.355 e. The van der Waals surface area contributed by atoms with Crippen molar-refractivity contribution in [3.05, 3.63) is 75.5 Å². The number of aliphatic hydroxyl groups excluding tert-OH is 1. The average Bonchev–Trinajstić information content (AvgIpc) is 2.96. The van der Waals surface area contributed by atoms with Crippen LogP contribution in [-0.4, -0.2) is 49.7 Å². The van der Waals surface area contributed by atoms with Crippen molar-refractivity contribution in [3.63, 3.8) is 0 Å². The van der Waals surface area contributed by atoms with Crippen molar-refractivity contribution >= 4 is 22.8 Å². The standard InChI is InChI=1S/C31H34F2N6O3/c1-17(2)25-27(19(9-7-15-40)12-13-35-25)39-30-21(29(37-31(39)42)38-14-5-4-8-18(38)3)16-23(33)26(36-30)24-20(28(34)41)10-6-11-22(24)32/h6,10-13,16-18,40H,4-5,7-9,14-15H2,1-3H3,(H2,34,41)/t18-/m0/s1. The molecule has 1 aliphatic rings. The third kappa shape index (κ3) is 5.24. The molecule has 5 rings (SSSR count). The molecule has 0 bridgehead atoms. The van der Waals surface area contributed by atoms with E-state index in [1.807, 2.05) is 25.7 Å². The van der Waals surface area contributed by atoms with Gasteiger partial charge in [-0.25, -0.2) is 23.1 Å². The fourth-order valence-corrected chi connectivity index (χ4v) is 5.75. The third-order valence-corrected chi connectivity index (χ3v) is 7.80. The fraction of sp³-hybridized carbons (Fsp3) is 0.387. The molecule has 0 unspecified atom stereocenters. The lowest BCUT2D eigenvalue weighted by atomic mass is 10.00. The van der Waals surface area contributed by atoms with Crippen LogP contribution in [-0.2, 0) is 6.42 Å². The quantitative estimate of drug-likeness (QED) is 0.313. The molecule has 4 aromatic rings. The minimum atomic E-state index is -0.943. The summed E-state index contributed by atoms with van der Waals surface area (Å²) >= 11 is 0. The third-order valence-electron chi connectivity index (χ3n) is 7.80. The Morgan fingerprint density at radius 2 is 1.95 bits per heavy atom. The highest BCUT2D eigenvalue weighted by molar-refractivity contribution is 6.00. The molecule has 1 fully saturated rings. The normalized spacial score (nSPS) is 15.5. The number of halogens is 2. The lowest BCUT2D eigenvalue weighted by Gasteiger charge is -2.35. The summed E-state index contributed by atoms with van der Waals surface area (Å²) in [4.78, 5) is 41.9. The number of amides is 1. The molecular weight excluding hydrogens is 542 g/mol. The summed E-state index contributed by atoms with van der Waals surface area (Å²) in [6, 6.07) is 6.72. The van der Waals surface area contributed by atoms with E-state index in [4.69, 9.17) is 5.73 Å². The first kappa shape index (κ1) is 29.2. The van der Waals surface area contributed by atoms with Gasteiger partial charge in [-0.2, -0.15) is 4.98 Å². The second-order valence-electron chi connectivity index (χ2n) is 11.0. The Labute approximate surface area is 242 Å². The van der Waals surface area contributed by atoms with Gasteiger partial charge in [-0.15, -0.1) is 0 Å². The van der Waals surface area contributed by atoms with Crippen molar-refractivity contribution in [2.24, 2.45) is 5.73 Å². The zero-order valence-corrected chi connectivity index (χ0v) is 23.9. The Balaban J connectivity index is 1.93. The largest absolute Gasteiger partial charge is 0.396 e. The number of pyridine rings is 2. The maximum Gasteiger partial charge on any atom is 0.355 e. The van der Waals surface area contributed by atoms with Crippen LogP contribution in [0.1, 0.15) is 74.0 Å². The van der Waals surface area contributed by atoms with E-state index in [1.165, 1.54) is 22.8 Å². The molecular formula is C31H34F2N6O3. The predicted octanol–water partition coefficient (Wildman–Crippen LogP) is 4.65. The van der Waals surface area contributed by atoms with Crippen molar-refractivity contribution in [2.75, 3.05) is 18.1 Å². The maximum atomic E-state index is 16.0. The van der Waals surface area contributed by atoms with E-state index in [-0.39, 0.29) is 40.7 Å². The number of nitrogens with two attached hydrogens (primary N) is 1. The van der Waals surface area contributed by atoms with E-state index in [2.05, 4.69) is 15.0 Å². The van der Waals surface area contributed by atoms with Crippen LogP contribution < -0.4 is 16.3 Å². The van der Waals surface area contributed by atoms with Gasteiger partial charge in [-0.05, 0) is 74.8 Å². The van der Waals surface area contributed by atoms with Crippen LogP contribution in [0.25, 0.3) is 28.0 Å². The van der Waals surface area contributed by atoms with Gasteiger partial charge >= 0.3 is 5.69 Å². The van der Waals surface area contributed by atoms with Gasteiger partial charge in [0.05, 0.1) is 27.9 Å². The number of aliphatic hydroxyl groups is 1. The maximum absolute atomic E-state index is 16.0. The number of carbonyl (C=O) groups is 1. The van der Waals surface area contributed by atoms with E-state index in [9.17, 15) is 14.7 Å². The number of carbonyl (C=O) groups excluding carboxylic acids is 1. The van der Waals surface area contributed by atoms with E-state index >= 15 is 8.78 Å². The molecule has 0 radical (unpaired) electrons. The van der Waals surface area contributed by atoms with Crippen LogP contribution in [0, 0.1) is 11.6 Å². The van der Waals surface area contributed by atoms with Crippen LogP contribution in [0.15, 0.2) is 41.3 Å². The van der Waals surface area contributed by atoms with E-state index in [0.717, 1.165) is 30.9 Å². The number of nitrogens with zero attached hydrogens (tertiary/aromatic N) is 5. The number of aryl methyl sites for hydroxylation is 1. The average molecular weight is 577 g/mol. The Kier molecular flexibility index (Phi) is 8.31. The number of anilines is 1.